The Kier molecular flexibility index (Phi) is 20.1. The number of hydrogen-bond acceptors (Lipinski definition) is 16. The number of phenolic OH excluding ortho intramolecular Hbond substituents is 1. The molecule has 0 bridgehead atoms. The van der Waals surface area contributed by atoms with Gasteiger partial charge < -0.3 is 59.8 Å². The molecule has 0 aliphatic carbocycles. The van der Waals surface area contributed by atoms with E-state index in [9.17, 15) is 29.4 Å². The first-order valence-corrected chi connectivity index (χ1v) is 29.1. The fraction of sp³-hybridized carbons (Fsp3) is 0.371. The average Bonchev–Trinajstić information content (AvgIpc) is 3.85. The van der Waals surface area contributed by atoms with Gasteiger partial charge in [0.05, 0.1) is 60.2 Å². The number of aromatic nitrogens is 3. The largest absolute Gasteiger partial charge is 0.508 e. The number of likely N-dealkylation sites (tertiary alicyclic amines) is 1. The number of rotatable bonds is 24. The van der Waals surface area contributed by atoms with Crippen molar-refractivity contribution < 1.29 is 52.7 Å². The van der Waals surface area contributed by atoms with E-state index in [1.54, 1.807) is 52.6 Å². The molecule has 3 atom stereocenters. The molecule has 22 heteroatoms. The number of aromatic hydroxyl groups is 1. The van der Waals surface area contributed by atoms with Crippen molar-refractivity contribution in [3.8, 4) is 33.1 Å². The summed E-state index contributed by atoms with van der Waals surface area (Å²) in [5, 5.41) is 32.1. The van der Waals surface area contributed by atoms with Gasteiger partial charge in [-0.3, -0.25) is 19.2 Å². The lowest BCUT2D eigenvalue weighted by Gasteiger charge is -2.35. The molecule has 4 amide bonds. The zero-order chi connectivity index (χ0) is 59.5. The fourth-order valence-corrected chi connectivity index (χ4v) is 11.4. The summed E-state index contributed by atoms with van der Waals surface area (Å²) in [5.74, 6) is -1.09. The maximum Gasteiger partial charge on any atom is 0.246 e. The third-order valence-electron chi connectivity index (χ3n) is 14.6. The minimum absolute atomic E-state index is 0.0201. The van der Waals surface area contributed by atoms with Crippen LogP contribution in [0.4, 0.5) is 21.8 Å². The Morgan fingerprint density at radius 1 is 0.893 bits per heavy atom. The van der Waals surface area contributed by atoms with Crippen LogP contribution < -0.4 is 25.6 Å². The predicted molar refractivity (Wildman–Crippen MR) is 322 cm³/mol. The van der Waals surface area contributed by atoms with Gasteiger partial charge >= 0.3 is 0 Å². The van der Waals surface area contributed by atoms with Crippen molar-refractivity contribution >= 4 is 85.7 Å². The van der Waals surface area contributed by atoms with Crippen molar-refractivity contribution in [2.75, 3.05) is 95.7 Å². The summed E-state index contributed by atoms with van der Waals surface area (Å²) in [6.45, 7) is 14.1. The maximum absolute atomic E-state index is 17.1. The van der Waals surface area contributed by atoms with Crippen molar-refractivity contribution in [2.45, 2.75) is 58.7 Å². The first-order chi connectivity index (χ1) is 40.4. The molecule has 2 saturated heterocycles. The van der Waals surface area contributed by atoms with Crippen LogP contribution in [0.1, 0.15) is 38.4 Å². The molecule has 0 radical (unpaired) electrons. The summed E-state index contributed by atoms with van der Waals surface area (Å²) in [7, 11) is 0. The van der Waals surface area contributed by atoms with E-state index in [4.69, 9.17) is 35.5 Å². The quantitative estimate of drug-likeness (QED) is 0.0283. The number of amides is 4. The summed E-state index contributed by atoms with van der Waals surface area (Å²) < 4.78 is 39.9. The van der Waals surface area contributed by atoms with Crippen LogP contribution in [0.25, 0.3) is 43.2 Å². The Morgan fingerprint density at radius 3 is 2.29 bits per heavy atom. The molecule has 2 aliphatic rings. The second-order valence-electron chi connectivity index (χ2n) is 21.6. The van der Waals surface area contributed by atoms with E-state index in [1.165, 1.54) is 17.0 Å². The average molecular weight is 1190 g/mol. The van der Waals surface area contributed by atoms with Gasteiger partial charge in [-0.25, -0.2) is 14.4 Å². The summed E-state index contributed by atoms with van der Waals surface area (Å²) in [6.07, 6.45) is 1.07. The number of β-amino-alcohol motifs (C(OH)–C–C–N with tert-alkyl or cyclic N) is 1. The molecule has 9 rings (SSSR count). The number of hydrogen-bond donors (Lipinski definition) is 5. The first kappa shape index (κ1) is 60.8. The molecule has 5 aromatic carbocycles. The lowest BCUT2D eigenvalue weighted by Crippen LogP contribution is -2.58. The van der Waals surface area contributed by atoms with Crippen molar-refractivity contribution in [1.29, 1.82) is 0 Å². The molecule has 0 unspecified atom stereocenters. The van der Waals surface area contributed by atoms with Crippen molar-refractivity contribution in [3.63, 3.8) is 0 Å². The van der Waals surface area contributed by atoms with E-state index in [0.717, 1.165) is 21.7 Å². The second kappa shape index (κ2) is 27.7. The number of carbonyl (C=O) groups is 4. The van der Waals surface area contributed by atoms with Gasteiger partial charge in [-0.05, 0) is 94.8 Å². The van der Waals surface area contributed by atoms with Crippen LogP contribution in [-0.4, -0.2) is 162 Å². The number of halogens is 2. The van der Waals surface area contributed by atoms with Crippen LogP contribution in [0.2, 0.25) is 5.02 Å². The van der Waals surface area contributed by atoms with Gasteiger partial charge in [0.15, 0.2) is 5.82 Å². The number of ether oxygens (including phenoxy) is 4. The Bertz CT molecular complexity index is 3480. The molecular weight excluding hydrogens is 1120 g/mol. The lowest BCUT2D eigenvalue weighted by atomic mass is 9.85. The molecule has 84 heavy (non-hydrogen) atoms. The number of thiazole rings is 1. The number of aliphatic hydroxyl groups is 1. The summed E-state index contributed by atoms with van der Waals surface area (Å²) in [6, 6.07) is 25.4. The number of nitrogens with one attached hydrogen (secondary N) is 3. The predicted octanol–water partition coefficient (Wildman–Crippen LogP) is 8.24. The van der Waals surface area contributed by atoms with Gasteiger partial charge in [0, 0.05) is 62.3 Å². The van der Waals surface area contributed by atoms with Gasteiger partial charge in [0.25, 0.3) is 0 Å². The first-order valence-electron chi connectivity index (χ1n) is 27.8. The van der Waals surface area contributed by atoms with Crippen LogP contribution in [-0.2, 0) is 39.8 Å². The van der Waals surface area contributed by atoms with E-state index >= 15 is 4.39 Å². The molecule has 2 aliphatic heterocycles. The maximum atomic E-state index is 17.1. The van der Waals surface area contributed by atoms with E-state index in [-0.39, 0.29) is 98.8 Å². The summed E-state index contributed by atoms with van der Waals surface area (Å²) in [4.78, 5) is 72.9. The minimum atomic E-state index is -0.990. The van der Waals surface area contributed by atoms with Crippen LogP contribution in [0, 0.1) is 18.2 Å². The molecule has 0 saturated carbocycles. The number of aliphatic hydroxyl groups excluding tert-OH is 1. The van der Waals surface area contributed by atoms with E-state index in [1.807, 2.05) is 86.6 Å². The topological polar surface area (TPSA) is 230 Å². The van der Waals surface area contributed by atoms with Crippen LogP contribution in [0.3, 0.4) is 0 Å². The molecular formula is C62H69ClFN9O10S. The number of piperazine rings is 1. The van der Waals surface area contributed by atoms with E-state index in [2.05, 4.69) is 32.5 Å². The van der Waals surface area contributed by atoms with Crippen molar-refractivity contribution in [2.24, 2.45) is 5.41 Å². The Balaban J connectivity index is 0.698. The number of aryl methyl sites for hydroxylation is 1. The highest BCUT2D eigenvalue weighted by atomic mass is 35.5. The summed E-state index contributed by atoms with van der Waals surface area (Å²) in [5.41, 5.74) is 5.33. The SMILES string of the molecule is C=CC(=O)N1CCN(c2nc(Nc3ccc(OCCOCCOCCOCC(=O)N[C@H](C(=O)N4C[C@@H](O)C[C@H]4C(=O)NCCc4ccc(-c5scnc5C)cc4)C(C)(C)C)cc3)nc3c(F)c(-c4cc(O)cc5ccccc45)c(Cl)cc23)CC1. The van der Waals surface area contributed by atoms with Crippen molar-refractivity contribution in [3.05, 3.63) is 131 Å². The number of benzene rings is 5. The molecule has 7 aromatic rings. The van der Waals surface area contributed by atoms with E-state index < -0.39 is 41.2 Å². The Morgan fingerprint density at radius 2 is 1.60 bits per heavy atom. The monoisotopic (exact) mass is 1190 g/mol. The standard InChI is InChI=1S/C62H69ClFN9O10S/c1-6-52(77)71-21-23-72(24-22-71)58-48-34-49(63)53(47-32-43(74)31-41-9-7-8-10-46(41)47)54(64)55(48)69-61(70-58)67-42-15-17-45(18-16-42)83-30-29-81-26-25-80-27-28-82-36-51(76)68-57(62(3,4)5)60(79)73-35-44(75)33-50(73)59(78)65-20-19-39-11-13-40(14-12-39)56-38(2)66-37-84-56/h6-18,31-32,34,37,44,50,57,74-75H,1,19-30,33,35-36H2,2-5H3,(H,65,78)(H,68,76)(H,67,69,70)/t44-,50-,57+/m0/s1. The van der Waals surface area contributed by atoms with Crippen LogP contribution in [0.15, 0.2) is 109 Å². The number of anilines is 3. The number of fused-ring (bicyclic) bond motifs is 2. The number of nitrogens with zero attached hydrogens (tertiary/aromatic N) is 6. The van der Waals surface area contributed by atoms with Crippen molar-refractivity contribution in [1.82, 2.24) is 35.4 Å². The third kappa shape index (κ3) is 14.9. The Labute approximate surface area is 495 Å². The van der Waals surface area contributed by atoms with Gasteiger partial charge in [-0.2, -0.15) is 4.98 Å². The minimum Gasteiger partial charge on any atom is -0.508 e. The Hall–Kier alpha value is -7.79. The highest BCUT2D eigenvalue weighted by Gasteiger charge is 2.44. The smallest absolute Gasteiger partial charge is 0.246 e. The molecule has 5 N–H and O–H groups in total. The molecule has 2 aromatic heterocycles. The summed E-state index contributed by atoms with van der Waals surface area (Å²) >= 11 is 8.50. The van der Waals surface area contributed by atoms with Gasteiger partial charge in [0.2, 0.25) is 29.6 Å². The van der Waals surface area contributed by atoms with Crippen LogP contribution >= 0.6 is 22.9 Å². The lowest BCUT2D eigenvalue weighted by molar-refractivity contribution is -0.144. The van der Waals surface area contributed by atoms with Gasteiger partial charge in [-0.1, -0.05) is 87.5 Å². The molecule has 0 spiro atoms. The molecule has 442 valence electrons. The van der Waals surface area contributed by atoms with Crippen LogP contribution in [0.5, 0.6) is 11.5 Å². The molecule has 2 fully saturated rings. The normalized spacial score (nSPS) is 15.8. The highest BCUT2D eigenvalue weighted by Crippen LogP contribution is 2.43. The molecule has 4 heterocycles. The number of phenols is 1. The number of carbonyl (C=O) groups excluding carboxylic acids is 4. The molecule has 19 nitrogen and oxygen atoms in total. The zero-order valence-electron chi connectivity index (χ0n) is 47.4. The zero-order valence-corrected chi connectivity index (χ0v) is 48.9. The third-order valence-corrected chi connectivity index (χ3v) is 15.9. The van der Waals surface area contributed by atoms with Gasteiger partial charge in [0.1, 0.15) is 48.1 Å². The highest BCUT2D eigenvalue weighted by molar-refractivity contribution is 7.13. The van der Waals surface area contributed by atoms with E-state index in [0.29, 0.717) is 78.1 Å². The fourth-order valence-electron chi connectivity index (χ4n) is 10.3. The second-order valence-corrected chi connectivity index (χ2v) is 22.8. The van der Waals surface area contributed by atoms with Gasteiger partial charge in [-0.15, -0.1) is 11.3 Å².